The maximum atomic E-state index is 12.8. The fraction of sp³-hybridized carbons (Fsp3) is 0.278. The average Bonchev–Trinajstić information content (AvgIpc) is 2.49. The molecule has 108 valence electrons. The van der Waals surface area contributed by atoms with E-state index in [0.717, 1.165) is 40.9 Å². The maximum Gasteiger partial charge on any atom is 0.254 e. The van der Waals surface area contributed by atoms with Gasteiger partial charge in [0.25, 0.3) is 5.91 Å². The lowest BCUT2D eigenvalue weighted by Crippen LogP contribution is -2.36. The van der Waals surface area contributed by atoms with Gasteiger partial charge in [0.2, 0.25) is 0 Å². The Bertz CT molecular complexity index is 706. The van der Waals surface area contributed by atoms with Crippen LogP contribution in [0.3, 0.4) is 0 Å². The topological polar surface area (TPSA) is 46.3 Å². The molecule has 1 aliphatic rings. The van der Waals surface area contributed by atoms with E-state index >= 15 is 0 Å². The number of nitrogens with two attached hydrogens (primary N) is 1. The smallest absolute Gasteiger partial charge is 0.254 e. The predicted octanol–water partition coefficient (Wildman–Crippen LogP) is 3.08. The zero-order chi connectivity index (χ0) is 15.0. The lowest BCUT2D eigenvalue weighted by Gasteiger charge is -2.30. The lowest BCUT2D eigenvalue weighted by molar-refractivity contribution is 0.0734. The molecule has 0 spiro atoms. The molecular weight excluding hydrogens is 260 g/mol. The van der Waals surface area contributed by atoms with Crippen molar-refractivity contribution in [1.82, 2.24) is 4.90 Å². The summed E-state index contributed by atoms with van der Waals surface area (Å²) in [6.07, 6.45) is 0.872. The summed E-state index contributed by atoms with van der Waals surface area (Å²) in [4.78, 5) is 14.7. The highest BCUT2D eigenvalue weighted by Crippen LogP contribution is 2.26. The van der Waals surface area contributed by atoms with Gasteiger partial charge in [-0.05, 0) is 54.7 Å². The Morgan fingerprint density at radius 1 is 1.14 bits per heavy atom. The Hall–Kier alpha value is -2.29. The van der Waals surface area contributed by atoms with Crippen LogP contribution in [0.4, 0.5) is 5.69 Å². The number of benzene rings is 2. The minimum Gasteiger partial charge on any atom is -0.398 e. The summed E-state index contributed by atoms with van der Waals surface area (Å²) in [5.41, 5.74) is 12.2. The van der Waals surface area contributed by atoms with Crippen LogP contribution in [-0.2, 0) is 13.0 Å². The van der Waals surface area contributed by atoms with Gasteiger partial charge in [-0.1, -0.05) is 24.3 Å². The van der Waals surface area contributed by atoms with E-state index in [-0.39, 0.29) is 5.91 Å². The monoisotopic (exact) mass is 280 g/mol. The molecule has 0 saturated heterocycles. The molecule has 0 saturated carbocycles. The molecule has 2 aromatic carbocycles. The third-order valence-corrected chi connectivity index (χ3v) is 4.43. The number of carbonyl (C=O) groups excluding carboxylic acids is 1. The largest absolute Gasteiger partial charge is 0.398 e. The van der Waals surface area contributed by atoms with Gasteiger partial charge in [0.15, 0.2) is 0 Å². The highest BCUT2D eigenvalue weighted by molar-refractivity contribution is 5.96. The summed E-state index contributed by atoms with van der Waals surface area (Å²) in [7, 11) is 0. The number of fused-ring (bicyclic) bond motifs is 1. The Morgan fingerprint density at radius 3 is 2.71 bits per heavy atom. The number of anilines is 1. The van der Waals surface area contributed by atoms with Gasteiger partial charge in [0.1, 0.15) is 0 Å². The van der Waals surface area contributed by atoms with E-state index in [2.05, 4.69) is 6.07 Å². The first-order chi connectivity index (χ1) is 10.1. The van der Waals surface area contributed by atoms with Crippen molar-refractivity contribution in [3.05, 3.63) is 64.2 Å². The molecule has 0 aliphatic carbocycles. The van der Waals surface area contributed by atoms with Crippen LogP contribution in [0.1, 0.15) is 32.6 Å². The van der Waals surface area contributed by atoms with E-state index in [1.54, 1.807) is 0 Å². The standard InChI is InChI=1S/C18H20N2O/c1-12-5-3-7-15(13(12)2)18(21)20-10-9-14-6-4-8-17(19)16(14)11-20/h3-8H,9-11,19H2,1-2H3. The van der Waals surface area contributed by atoms with Crippen molar-refractivity contribution >= 4 is 11.6 Å². The molecule has 0 aromatic heterocycles. The second-order valence-electron chi connectivity index (χ2n) is 5.71. The summed E-state index contributed by atoms with van der Waals surface area (Å²) >= 11 is 0. The first-order valence-corrected chi connectivity index (χ1v) is 7.29. The number of amides is 1. The van der Waals surface area contributed by atoms with Crippen LogP contribution in [0.25, 0.3) is 0 Å². The SMILES string of the molecule is Cc1cccc(C(=O)N2CCc3cccc(N)c3C2)c1C. The van der Waals surface area contributed by atoms with Gasteiger partial charge in [-0.25, -0.2) is 0 Å². The normalized spacial score (nSPS) is 13.9. The molecular formula is C18H20N2O. The van der Waals surface area contributed by atoms with Crippen molar-refractivity contribution in [3.8, 4) is 0 Å². The van der Waals surface area contributed by atoms with Gasteiger partial charge < -0.3 is 10.6 Å². The first-order valence-electron chi connectivity index (χ1n) is 7.29. The number of nitrogens with zero attached hydrogens (tertiary/aromatic N) is 1. The average molecular weight is 280 g/mol. The molecule has 0 radical (unpaired) electrons. The fourth-order valence-electron chi connectivity index (χ4n) is 2.93. The summed E-state index contributed by atoms with van der Waals surface area (Å²) in [5, 5.41) is 0. The van der Waals surface area contributed by atoms with Crippen LogP contribution in [-0.4, -0.2) is 17.4 Å². The number of hydrogen-bond donors (Lipinski definition) is 1. The second-order valence-corrected chi connectivity index (χ2v) is 5.71. The molecule has 2 N–H and O–H groups in total. The summed E-state index contributed by atoms with van der Waals surface area (Å²) in [6.45, 7) is 5.40. The van der Waals surface area contributed by atoms with Gasteiger partial charge >= 0.3 is 0 Å². The minimum absolute atomic E-state index is 0.102. The molecule has 3 rings (SSSR count). The molecule has 21 heavy (non-hydrogen) atoms. The van der Waals surface area contributed by atoms with Crippen molar-refractivity contribution in [3.63, 3.8) is 0 Å². The minimum atomic E-state index is 0.102. The molecule has 1 amide bonds. The second kappa shape index (κ2) is 5.24. The van der Waals surface area contributed by atoms with E-state index in [9.17, 15) is 4.79 Å². The molecule has 3 heteroatoms. The van der Waals surface area contributed by atoms with Crippen LogP contribution >= 0.6 is 0 Å². The molecule has 0 atom stereocenters. The van der Waals surface area contributed by atoms with Gasteiger partial charge in [-0.3, -0.25) is 4.79 Å². The molecule has 1 heterocycles. The molecule has 0 bridgehead atoms. The number of aryl methyl sites for hydroxylation is 1. The lowest BCUT2D eigenvalue weighted by atomic mass is 9.96. The van der Waals surface area contributed by atoms with Crippen LogP contribution in [0, 0.1) is 13.8 Å². The zero-order valence-electron chi connectivity index (χ0n) is 12.5. The third kappa shape index (κ3) is 2.40. The van der Waals surface area contributed by atoms with Crippen LogP contribution < -0.4 is 5.73 Å². The summed E-state index contributed by atoms with van der Waals surface area (Å²) in [6, 6.07) is 11.9. The summed E-state index contributed by atoms with van der Waals surface area (Å²) < 4.78 is 0. The Kier molecular flexibility index (Phi) is 3.42. The fourth-order valence-corrected chi connectivity index (χ4v) is 2.93. The van der Waals surface area contributed by atoms with Crippen LogP contribution in [0.5, 0.6) is 0 Å². The Labute approximate surface area is 125 Å². The molecule has 1 aliphatic heterocycles. The van der Waals surface area contributed by atoms with Gasteiger partial charge in [0, 0.05) is 24.3 Å². The van der Waals surface area contributed by atoms with Gasteiger partial charge in [-0.15, -0.1) is 0 Å². The maximum absolute atomic E-state index is 12.8. The van der Waals surface area contributed by atoms with Crippen molar-refractivity contribution in [2.24, 2.45) is 0 Å². The summed E-state index contributed by atoms with van der Waals surface area (Å²) in [5.74, 6) is 0.102. The quantitative estimate of drug-likeness (QED) is 0.816. The van der Waals surface area contributed by atoms with E-state index < -0.39 is 0 Å². The van der Waals surface area contributed by atoms with Gasteiger partial charge in [-0.2, -0.15) is 0 Å². The number of hydrogen-bond acceptors (Lipinski definition) is 2. The van der Waals surface area contributed by atoms with Crippen molar-refractivity contribution in [1.29, 1.82) is 0 Å². The predicted molar refractivity (Wildman–Crippen MR) is 85.2 cm³/mol. The zero-order valence-corrected chi connectivity index (χ0v) is 12.5. The highest BCUT2D eigenvalue weighted by atomic mass is 16.2. The van der Waals surface area contributed by atoms with E-state index in [1.807, 2.05) is 49.1 Å². The molecule has 3 nitrogen and oxygen atoms in total. The van der Waals surface area contributed by atoms with Gasteiger partial charge in [0.05, 0.1) is 0 Å². The molecule has 2 aromatic rings. The van der Waals surface area contributed by atoms with Crippen LogP contribution in [0.15, 0.2) is 36.4 Å². The van der Waals surface area contributed by atoms with E-state index in [0.29, 0.717) is 6.54 Å². The number of rotatable bonds is 1. The molecule has 0 fully saturated rings. The van der Waals surface area contributed by atoms with Crippen molar-refractivity contribution < 1.29 is 4.79 Å². The first kappa shape index (κ1) is 13.7. The number of carbonyl (C=O) groups is 1. The van der Waals surface area contributed by atoms with Crippen LogP contribution in [0.2, 0.25) is 0 Å². The molecule has 0 unspecified atom stereocenters. The third-order valence-electron chi connectivity index (χ3n) is 4.43. The Balaban J connectivity index is 1.91. The van der Waals surface area contributed by atoms with Crippen molar-refractivity contribution in [2.75, 3.05) is 12.3 Å². The number of nitrogen functional groups attached to an aromatic ring is 1. The van der Waals surface area contributed by atoms with Crippen molar-refractivity contribution in [2.45, 2.75) is 26.8 Å². The van der Waals surface area contributed by atoms with E-state index in [1.165, 1.54) is 5.56 Å². The van der Waals surface area contributed by atoms with E-state index in [4.69, 9.17) is 5.73 Å². The Morgan fingerprint density at radius 2 is 1.90 bits per heavy atom. The highest BCUT2D eigenvalue weighted by Gasteiger charge is 2.24.